The van der Waals surface area contributed by atoms with Gasteiger partial charge in [0.1, 0.15) is 11.6 Å². The van der Waals surface area contributed by atoms with Gasteiger partial charge in [-0.2, -0.15) is 0 Å². The Morgan fingerprint density at radius 2 is 1.55 bits per heavy atom. The summed E-state index contributed by atoms with van der Waals surface area (Å²) in [4.78, 5) is 54.4. The summed E-state index contributed by atoms with van der Waals surface area (Å²) in [6, 6.07) is 7.91. The normalized spacial score (nSPS) is 21.6. The number of urea groups is 1. The molecule has 0 bridgehead atoms. The molecule has 5 amide bonds. The fourth-order valence-corrected chi connectivity index (χ4v) is 5.43. The molecule has 0 spiro atoms. The number of ether oxygens (including phenoxy) is 1. The zero-order valence-corrected chi connectivity index (χ0v) is 23.0. The van der Waals surface area contributed by atoms with Crippen LogP contribution in [0.5, 0.6) is 0 Å². The molecule has 3 saturated heterocycles. The number of carbonyl (C=O) groups excluding carboxylic acids is 4. The van der Waals surface area contributed by atoms with Crippen LogP contribution in [0.4, 0.5) is 15.3 Å². The van der Waals surface area contributed by atoms with E-state index in [4.69, 9.17) is 4.74 Å². The van der Waals surface area contributed by atoms with Gasteiger partial charge in [-0.15, -0.1) is 0 Å². The number of likely N-dealkylation sites (tertiary alicyclic amines) is 2. The summed E-state index contributed by atoms with van der Waals surface area (Å²) in [5.41, 5.74) is 1.57. The number of hydrogen-bond acceptors (Lipinski definition) is 6. The van der Waals surface area contributed by atoms with E-state index in [1.165, 1.54) is 5.56 Å². The summed E-state index contributed by atoms with van der Waals surface area (Å²) >= 11 is 0. The lowest BCUT2D eigenvalue weighted by Gasteiger charge is -2.40. The SMILES string of the molecule is CN(C(=O)N1CCC(c2ccc(NC3CCC(=O)NC3=O)cc2)CC1)C1CCN(C(=O)OC(C)(C)C)CC1. The van der Waals surface area contributed by atoms with Crippen LogP contribution in [0.25, 0.3) is 0 Å². The Bertz CT molecular complexity index is 1020. The largest absolute Gasteiger partial charge is 0.444 e. The Morgan fingerprint density at radius 1 is 0.947 bits per heavy atom. The van der Waals surface area contributed by atoms with E-state index in [1.807, 2.05) is 49.8 Å². The van der Waals surface area contributed by atoms with Crippen LogP contribution in [-0.2, 0) is 14.3 Å². The van der Waals surface area contributed by atoms with Crippen LogP contribution >= 0.6 is 0 Å². The molecule has 3 aliphatic rings. The number of benzene rings is 1. The van der Waals surface area contributed by atoms with Gasteiger partial charge in [-0.1, -0.05) is 12.1 Å². The zero-order chi connectivity index (χ0) is 27.4. The third-order valence-electron chi connectivity index (χ3n) is 7.69. The molecule has 3 aliphatic heterocycles. The number of rotatable bonds is 4. The third-order valence-corrected chi connectivity index (χ3v) is 7.69. The lowest BCUT2D eigenvalue weighted by Crippen LogP contribution is -2.52. The number of carbonyl (C=O) groups is 4. The first-order valence-electron chi connectivity index (χ1n) is 13.7. The van der Waals surface area contributed by atoms with Crippen LogP contribution in [-0.4, -0.2) is 89.5 Å². The molecule has 3 fully saturated rings. The minimum atomic E-state index is -0.512. The van der Waals surface area contributed by atoms with Crippen molar-refractivity contribution in [3.8, 4) is 0 Å². The molecular formula is C28H41N5O5. The van der Waals surface area contributed by atoms with Crippen LogP contribution in [0.3, 0.4) is 0 Å². The van der Waals surface area contributed by atoms with E-state index in [9.17, 15) is 19.2 Å². The Labute approximate surface area is 225 Å². The van der Waals surface area contributed by atoms with Gasteiger partial charge in [-0.25, -0.2) is 9.59 Å². The molecule has 0 aliphatic carbocycles. The second kappa shape index (κ2) is 11.6. The van der Waals surface area contributed by atoms with Crippen molar-refractivity contribution < 1.29 is 23.9 Å². The van der Waals surface area contributed by atoms with Gasteiger partial charge in [-0.05, 0) is 76.5 Å². The van der Waals surface area contributed by atoms with Gasteiger partial charge >= 0.3 is 12.1 Å². The van der Waals surface area contributed by atoms with Crippen molar-refractivity contribution in [3.05, 3.63) is 29.8 Å². The summed E-state index contributed by atoms with van der Waals surface area (Å²) in [5, 5.41) is 5.59. The van der Waals surface area contributed by atoms with Gasteiger partial charge in [0.2, 0.25) is 11.8 Å². The van der Waals surface area contributed by atoms with Crippen LogP contribution in [0.15, 0.2) is 24.3 Å². The summed E-state index contributed by atoms with van der Waals surface area (Å²) in [6.07, 6.45) is 3.85. The average Bonchev–Trinajstić information content (AvgIpc) is 2.89. The maximum atomic E-state index is 13.2. The molecule has 208 valence electrons. The summed E-state index contributed by atoms with van der Waals surface area (Å²) in [6.45, 7) is 8.19. The predicted octanol–water partition coefficient (Wildman–Crippen LogP) is 3.53. The van der Waals surface area contributed by atoms with E-state index in [1.54, 1.807) is 4.90 Å². The van der Waals surface area contributed by atoms with Gasteiger partial charge in [0.15, 0.2) is 0 Å². The number of nitrogens with one attached hydrogen (secondary N) is 2. The van der Waals surface area contributed by atoms with Gasteiger partial charge in [0, 0.05) is 51.4 Å². The van der Waals surface area contributed by atoms with E-state index >= 15 is 0 Å². The molecule has 10 nitrogen and oxygen atoms in total. The van der Waals surface area contributed by atoms with E-state index in [2.05, 4.69) is 22.8 Å². The number of nitrogens with zero attached hydrogens (tertiary/aromatic N) is 3. The standard InChI is InChI=1S/C28H41N5O5/c1-28(2,3)38-27(37)33-17-13-22(14-18-33)31(4)26(36)32-15-11-20(12-16-32)19-5-7-21(8-6-19)29-23-9-10-24(34)30-25(23)35/h5-8,20,22-23,29H,9-18H2,1-4H3,(H,30,34,35). The third kappa shape index (κ3) is 6.96. The Hall–Kier alpha value is -3.30. The minimum absolute atomic E-state index is 0.0583. The summed E-state index contributed by atoms with van der Waals surface area (Å²) < 4.78 is 5.48. The fraction of sp³-hybridized carbons (Fsp3) is 0.643. The van der Waals surface area contributed by atoms with Gasteiger partial charge in [-0.3, -0.25) is 14.9 Å². The first-order chi connectivity index (χ1) is 18.0. The molecule has 0 aromatic heterocycles. The van der Waals surface area contributed by atoms with Crippen molar-refractivity contribution in [2.24, 2.45) is 0 Å². The van der Waals surface area contributed by atoms with Crippen molar-refractivity contribution in [1.82, 2.24) is 20.0 Å². The maximum absolute atomic E-state index is 13.2. The van der Waals surface area contributed by atoms with Crippen molar-refractivity contribution >= 4 is 29.6 Å². The van der Waals surface area contributed by atoms with Crippen LogP contribution in [0, 0.1) is 0 Å². The highest BCUT2D eigenvalue weighted by atomic mass is 16.6. The smallest absolute Gasteiger partial charge is 0.410 e. The second-order valence-electron chi connectivity index (χ2n) is 11.6. The number of piperidine rings is 3. The van der Waals surface area contributed by atoms with Crippen LogP contribution in [0.1, 0.15) is 70.8 Å². The van der Waals surface area contributed by atoms with Crippen molar-refractivity contribution in [2.45, 2.75) is 82.9 Å². The topological polar surface area (TPSA) is 111 Å². The molecule has 2 N–H and O–H groups in total. The lowest BCUT2D eigenvalue weighted by molar-refractivity contribution is -0.133. The second-order valence-corrected chi connectivity index (χ2v) is 11.6. The highest BCUT2D eigenvalue weighted by molar-refractivity contribution is 6.01. The first kappa shape index (κ1) is 27.7. The van der Waals surface area contributed by atoms with Gasteiger partial charge < -0.3 is 24.8 Å². The highest BCUT2D eigenvalue weighted by Crippen LogP contribution is 2.30. The first-order valence-corrected chi connectivity index (χ1v) is 13.7. The van der Waals surface area contributed by atoms with Crippen molar-refractivity contribution in [1.29, 1.82) is 0 Å². The maximum Gasteiger partial charge on any atom is 0.410 e. The van der Waals surface area contributed by atoms with E-state index < -0.39 is 11.6 Å². The summed E-state index contributed by atoms with van der Waals surface area (Å²) in [7, 11) is 1.87. The lowest BCUT2D eigenvalue weighted by atomic mass is 9.89. The number of hydrogen-bond donors (Lipinski definition) is 2. The van der Waals surface area contributed by atoms with E-state index in [-0.39, 0.29) is 30.0 Å². The fourth-order valence-electron chi connectivity index (χ4n) is 5.43. The molecule has 1 atom stereocenters. The van der Waals surface area contributed by atoms with E-state index in [0.717, 1.165) is 31.4 Å². The molecule has 1 unspecified atom stereocenters. The Balaban J connectivity index is 1.22. The number of amides is 5. The number of anilines is 1. The highest BCUT2D eigenvalue weighted by Gasteiger charge is 2.33. The monoisotopic (exact) mass is 527 g/mol. The summed E-state index contributed by atoms with van der Waals surface area (Å²) in [5.74, 6) is -0.116. The van der Waals surface area contributed by atoms with E-state index in [0.29, 0.717) is 44.9 Å². The minimum Gasteiger partial charge on any atom is -0.444 e. The molecule has 4 rings (SSSR count). The molecule has 3 heterocycles. The van der Waals surface area contributed by atoms with Gasteiger partial charge in [0.05, 0.1) is 0 Å². The van der Waals surface area contributed by atoms with Crippen molar-refractivity contribution in [2.75, 3.05) is 38.5 Å². The molecule has 0 saturated carbocycles. The molecule has 1 aromatic carbocycles. The van der Waals surface area contributed by atoms with Gasteiger partial charge in [0.25, 0.3) is 0 Å². The predicted molar refractivity (Wildman–Crippen MR) is 144 cm³/mol. The molecule has 1 aromatic rings. The molecular weight excluding hydrogens is 486 g/mol. The zero-order valence-electron chi connectivity index (χ0n) is 23.0. The average molecular weight is 528 g/mol. The van der Waals surface area contributed by atoms with Crippen molar-refractivity contribution in [3.63, 3.8) is 0 Å². The molecule has 10 heteroatoms. The Morgan fingerprint density at radius 3 is 2.13 bits per heavy atom. The van der Waals surface area contributed by atoms with Crippen LogP contribution in [0.2, 0.25) is 0 Å². The molecule has 38 heavy (non-hydrogen) atoms. The number of imide groups is 1. The molecule has 0 radical (unpaired) electrons. The Kier molecular flexibility index (Phi) is 8.47. The quantitative estimate of drug-likeness (QED) is 0.580. The van der Waals surface area contributed by atoms with Crippen LogP contribution < -0.4 is 10.6 Å².